The van der Waals surface area contributed by atoms with Gasteiger partial charge in [-0.2, -0.15) is 0 Å². The van der Waals surface area contributed by atoms with Crippen LogP contribution in [0.3, 0.4) is 0 Å². The van der Waals surface area contributed by atoms with E-state index in [0.29, 0.717) is 40.9 Å². The van der Waals surface area contributed by atoms with Crippen molar-refractivity contribution >= 4 is 44.7 Å². The third-order valence-electron chi connectivity index (χ3n) is 6.18. The van der Waals surface area contributed by atoms with Crippen LogP contribution in [0.5, 0.6) is 17.2 Å². The van der Waals surface area contributed by atoms with Crippen LogP contribution in [-0.4, -0.2) is 36.7 Å². The first kappa shape index (κ1) is 26.0. The number of thiophene rings is 1. The molecule has 1 amide bonds. The van der Waals surface area contributed by atoms with Crippen LogP contribution in [0.2, 0.25) is 0 Å². The van der Waals surface area contributed by atoms with E-state index in [0.717, 1.165) is 32.0 Å². The highest BCUT2D eigenvalue weighted by Gasteiger charge is 2.20. The van der Waals surface area contributed by atoms with E-state index in [4.69, 9.17) is 14.2 Å². The van der Waals surface area contributed by atoms with Gasteiger partial charge < -0.3 is 24.8 Å². The number of anilines is 3. The molecule has 0 saturated carbocycles. The maximum Gasteiger partial charge on any atom is 0.255 e. The molecule has 198 valence electrons. The molecule has 3 aromatic carbocycles. The van der Waals surface area contributed by atoms with Crippen molar-refractivity contribution in [2.24, 2.45) is 0 Å². The molecule has 0 fully saturated rings. The van der Waals surface area contributed by atoms with Crippen LogP contribution in [0.25, 0.3) is 21.3 Å². The second-order valence-electron chi connectivity index (χ2n) is 8.59. The highest BCUT2D eigenvalue weighted by Crippen LogP contribution is 2.43. The molecule has 0 aliphatic heterocycles. The van der Waals surface area contributed by atoms with Gasteiger partial charge in [-0.25, -0.2) is 9.97 Å². The van der Waals surface area contributed by atoms with Crippen molar-refractivity contribution in [3.05, 3.63) is 83.5 Å². The van der Waals surface area contributed by atoms with Gasteiger partial charge in [0.2, 0.25) is 0 Å². The quantitative estimate of drug-likeness (QED) is 0.206. The van der Waals surface area contributed by atoms with E-state index in [-0.39, 0.29) is 5.91 Å². The van der Waals surface area contributed by atoms with E-state index in [1.165, 1.54) is 0 Å². The number of aryl methyl sites for hydroxylation is 1. The zero-order valence-electron chi connectivity index (χ0n) is 22.1. The van der Waals surface area contributed by atoms with E-state index >= 15 is 0 Å². The molecule has 2 heterocycles. The molecule has 0 radical (unpaired) electrons. The lowest BCUT2D eigenvalue weighted by atomic mass is 10.0. The molecule has 0 bridgehead atoms. The summed E-state index contributed by atoms with van der Waals surface area (Å²) in [6.45, 7) is 4.66. The van der Waals surface area contributed by atoms with Gasteiger partial charge in [0, 0.05) is 28.1 Å². The summed E-state index contributed by atoms with van der Waals surface area (Å²) < 4.78 is 16.9. The van der Waals surface area contributed by atoms with Crippen molar-refractivity contribution in [3.8, 4) is 28.4 Å². The number of methoxy groups -OCH3 is 2. The van der Waals surface area contributed by atoms with Gasteiger partial charge in [0.1, 0.15) is 34.2 Å². The zero-order valence-corrected chi connectivity index (χ0v) is 22.9. The Morgan fingerprint density at radius 3 is 2.31 bits per heavy atom. The van der Waals surface area contributed by atoms with Gasteiger partial charge in [0.05, 0.1) is 37.6 Å². The lowest BCUT2D eigenvalue weighted by molar-refractivity contribution is 0.102. The molecule has 0 spiro atoms. The maximum atomic E-state index is 12.8. The largest absolute Gasteiger partial charge is 0.494 e. The van der Waals surface area contributed by atoms with E-state index in [1.54, 1.807) is 56.1 Å². The van der Waals surface area contributed by atoms with E-state index < -0.39 is 0 Å². The summed E-state index contributed by atoms with van der Waals surface area (Å²) in [4.78, 5) is 23.9. The fourth-order valence-corrected chi connectivity index (χ4v) is 5.39. The molecule has 8 nitrogen and oxygen atoms in total. The molecule has 0 atom stereocenters. The lowest BCUT2D eigenvalue weighted by Gasteiger charge is -2.17. The lowest BCUT2D eigenvalue weighted by Crippen LogP contribution is -2.13. The molecule has 9 heteroatoms. The number of fused-ring (bicyclic) bond motifs is 1. The Hall–Kier alpha value is -4.63. The number of carbonyl (C=O) groups excluding carboxylic acids is 1. The van der Waals surface area contributed by atoms with Gasteiger partial charge in [-0.1, -0.05) is 30.3 Å². The average Bonchev–Trinajstić information content (AvgIpc) is 3.31. The molecular formula is C30H28N4O4S. The molecule has 0 saturated heterocycles. The molecule has 0 unspecified atom stereocenters. The molecular weight excluding hydrogens is 512 g/mol. The third-order valence-corrected chi connectivity index (χ3v) is 7.19. The third kappa shape index (κ3) is 5.35. The first-order valence-corrected chi connectivity index (χ1v) is 13.2. The van der Waals surface area contributed by atoms with E-state index in [2.05, 4.69) is 27.5 Å². The number of ether oxygens (including phenoxy) is 3. The van der Waals surface area contributed by atoms with Gasteiger partial charge in [-0.3, -0.25) is 4.79 Å². The van der Waals surface area contributed by atoms with E-state index in [1.807, 2.05) is 49.4 Å². The van der Waals surface area contributed by atoms with Gasteiger partial charge in [0.15, 0.2) is 0 Å². The molecule has 0 aliphatic rings. The predicted octanol–water partition coefficient (Wildman–Crippen LogP) is 7.08. The molecule has 5 rings (SSSR count). The van der Waals surface area contributed by atoms with Crippen molar-refractivity contribution < 1.29 is 19.0 Å². The highest BCUT2D eigenvalue weighted by molar-refractivity contribution is 7.19. The number of hydrogen-bond donors (Lipinski definition) is 2. The molecule has 0 aliphatic carbocycles. The first-order chi connectivity index (χ1) is 19.0. The number of benzene rings is 3. The summed E-state index contributed by atoms with van der Waals surface area (Å²) in [5.74, 6) is 2.20. The molecule has 39 heavy (non-hydrogen) atoms. The SMILES string of the molecule is CCOc1ccc(-c2c(C)sc3ncnc(Nc4cc(OC)c(NC(=O)c5ccccc5)cc4OC)c23)cc1. The van der Waals surface area contributed by atoms with Crippen molar-refractivity contribution in [1.29, 1.82) is 0 Å². The second kappa shape index (κ2) is 11.4. The number of aromatic nitrogens is 2. The number of nitrogens with one attached hydrogen (secondary N) is 2. The number of carbonyl (C=O) groups is 1. The fourth-order valence-electron chi connectivity index (χ4n) is 4.38. The van der Waals surface area contributed by atoms with Gasteiger partial charge in [0.25, 0.3) is 5.91 Å². The Bertz CT molecular complexity index is 1620. The van der Waals surface area contributed by atoms with Gasteiger partial charge >= 0.3 is 0 Å². The molecule has 2 N–H and O–H groups in total. The zero-order chi connectivity index (χ0) is 27.4. The van der Waals surface area contributed by atoms with Crippen LogP contribution in [0.15, 0.2) is 73.1 Å². The minimum Gasteiger partial charge on any atom is -0.494 e. The standard InChI is InChI=1S/C30H28N4O4S/c1-5-38-21-13-11-19(12-14-21)26-18(2)39-30-27(26)28(31-17-32-30)33-22-15-25(37-4)23(16-24(22)36-3)34-29(35)20-9-7-6-8-10-20/h6-17H,5H2,1-4H3,(H,34,35)(H,31,32,33). The summed E-state index contributed by atoms with van der Waals surface area (Å²) >= 11 is 1.61. The smallest absolute Gasteiger partial charge is 0.255 e. The summed E-state index contributed by atoms with van der Waals surface area (Å²) in [5.41, 5.74) is 3.76. The van der Waals surface area contributed by atoms with Crippen molar-refractivity contribution in [2.45, 2.75) is 13.8 Å². The number of hydrogen-bond acceptors (Lipinski definition) is 8. The van der Waals surface area contributed by atoms with Crippen LogP contribution in [0, 0.1) is 6.92 Å². The normalized spacial score (nSPS) is 10.8. The van der Waals surface area contributed by atoms with Gasteiger partial charge in [-0.05, 0) is 43.7 Å². The topological polar surface area (TPSA) is 94.6 Å². The Labute approximate surface area is 230 Å². The van der Waals surface area contributed by atoms with Crippen LogP contribution in [0.4, 0.5) is 17.2 Å². The van der Waals surface area contributed by atoms with Crippen molar-refractivity contribution in [3.63, 3.8) is 0 Å². The van der Waals surface area contributed by atoms with E-state index in [9.17, 15) is 4.79 Å². The van der Waals surface area contributed by atoms with Crippen LogP contribution in [-0.2, 0) is 0 Å². The first-order valence-electron chi connectivity index (χ1n) is 12.4. The van der Waals surface area contributed by atoms with Crippen molar-refractivity contribution in [1.82, 2.24) is 9.97 Å². The minimum absolute atomic E-state index is 0.247. The highest BCUT2D eigenvalue weighted by atomic mass is 32.1. The summed E-state index contributed by atoms with van der Waals surface area (Å²) in [6, 6.07) is 20.5. The monoisotopic (exact) mass is 540 g/mol. The second-order valence-corrected chi connectivity index (χ2v) is 9.79. The van der Waals surface area contributed by atoms with Crippen LogP contribution >= 0.6 is 11.3 Å². The summed E-state index contributed by atoms with van der Waals surface area (Å²) in [7, 11) is 3.13. The Kier molecular flexibility index (Phi) is 7.60. The summed E-state index contributed by atoms with van der Waals surface area (Å²) in [5, 5.41) is 7.25. The van der Waals surface area contributed by atoms with Crippen molar-refractivity contribution in [2.75, 3.05) is 31.5 Å². The Morgan fingerprint density at radius 1 is 0.923 bits per heavy atom. The van der Waals surface area contributed by atoms with Crippen LogP contribution < -0.4 is 24.8 Å². The number of nitrogens with zero attached hydrogens (tertiary/aromatic N) is 2. The Morgan fingerprint density at radius 2 is 1.62 bits per heavy atom. The minimum atomic E-state index is -0.247. The fraction of sp³-hybridized carbons (Fsp3) is 0.167. The average molecular weight is 541 g/mol. The maximum absolute atomic E-state index is 12.8. The molecule has 5 aromatic rings. The summed E-state index contributed by atoms with van der Waals surface area (Å²) in [6.07, 6.45) is 1.54. The predicted molar refractivity (Wildman–Crippen MR) is 156 cm³/mol. The molecule has 2 aromatic heterocycles. The van der Waals surface area contributed by atoms with Crippen LogP contribution in [0.1, 0.15) is 22.2 Å². The number of amides is 1. The number of rotatable bonds is 9. The van der Waals surface area contributed by atoms with Gasteiger partial charge in [-0.15, -0.1) is 11.3 Å². The Balaban J connectivity index is 1.53.